The van der Waals surface area contributed by atoms with Crippen molar-refractivity contribution in [1.82, 2.24) is 0 Å². The highest BCUT2D eigenvalue weighted by Gasteiger charge is 2.42. The fourth-order valence-corrected chi connectivity index (χ4v) is 3.05. The maximum atomic E-state index is 12.2. The normalized spacial score (nSPS) is 22.6. The molecule has 0 amide bonds. The van der Waals surface area contributed by atoms with Gasteiger partial charge in [-0.1, -0.05) is 18.2 Å². The van der Waals surface area contributed by atoms with Gasteiger partial charge in [0.05, 0.1) is 6.42 Å². The largest absolute Gasteiger partial charge is 0.390 e. The van der Waals surface area contributed by atoms with Gasteiger partial charge in [0.15, 0.2) is 0 Å². The molecule has 0 spiro atoms. The van der Waals surface area contributed by atoms with Gasteiger partial charge in [-0.25, -0.2) is 0 Å². The zero-order valence-electron chi connectivity index (χ0n) is 8.57. The molecule has 0 radical (unpaired) electrons. The topological polar surface area (TPSA) is 43.4 Å². The minimum absolute atomic E-state index is 0.117. The first-order chi connectivity index (χ1) is 7.78. The van der Waals surface area contributed by atoms with Gasteiger partial charge in [-0.05, 0) is 18.1 Å². The van der Waals surface area contributed by atoms with Gasteiger partial charge in [-0.2, -0.15) is 21.6 Å². The van der Waals surface area contributed by atoms with E-state index in [0.29, 0.717) is 5.56 Å². The summed E-state index contributed by atoms with van der Waals surface area (Å²) < 4.78 is 64.4. The van der Waals surface area contributed by atoms with Crippen LogP contribution in [-0.2, 0) is 16.5 Å². The molecule has 1 aliphatic rings. The maximum Gasteiger partial charge on any atom is 0.390 e. The maximum absolute atomic E-state index is 12.2. The summed E-state index contributed by atoms with van der Waals surface area (Å²) in [6, 6.07) is 6.19. The number of rotatable bonds is 1. The lowest BCUT2D eigenvalue weighted by Gasteiger charge is -2.25. The average Bonchev–Trinajstić information content (AvgIpc) is 2.16. The third-order valence-corrected chi connectivity index (χ3v) is 4.06. The standard InChI is InChI=1S/C10H9F3O3S/c11-10(12,13)6-8-5-7-3-1-2-4-9(7)16-17(8,14)15/h1-4,8H,5-6H2. The van der Waals surface area contributed by atoms with Gasteiger partial charge in [-0.15, -0.1) is 0 Å². The van der Waals surface area contributed by atoms with Crippen molar-refractivity contribution in [3.05, 3.63) is 29.8 Å². The van der Waals surface area contributed by atoms with Crippen LogP contribution in [0, 0.1) is 0 Å². The summed E-state index contributed by atoms with van der Waals surface area (Å²) in [7, 11) is -4.19. The number of hydrogen-bond acceptors (Lipinski definition) is 3. The van der Waals surface area contributed by atoms with Gasteiger partial charge in [0.1, 0.15) is 11.0 Å². The lowest BCUT2D eigenvalue weighted by atomic mass is 10.1. The Labute approximate surface area is 96.3 Å². The predicted molar refractivity (Wildman–Crippen MR) is 54.2 cm³/mol. The molecule has 7 heteroatoms. The minimum Gasteiger partial charge on any atom is -0.382 e. The summed E-state index contributed by atoms with van der Waals surface area (Å²) in [5, 5.41) is -1.56. The van der Waals surface area contributed by atoms with Gasteiger partial charge < -0.3 is 4.18 Å². The van der Waals surface area contributed by atoms with Crippen molar-refractivity contribution in [1.29, 1.82) is 0 Å². The van der Waals surface area contributed by atoms with Crippen LogP contribution in [0.2, 0.25) is 0 Å². The highest BCUT2D eigenvalue weighted by atomic mass is 32.2. The Bertz CT molecular complexity index is 522. The zero-order chi connectivity index (χ0) is 12.7. The lowest BCUT2D eigenvalue weighted by Crippen LogP contribution is -2.36. The minimum atomic E-state index is -4.52. The number of para-hydroxylation sites is 1. The fraction of sp³-hybridized carbons (Fsp3) is 0.400. The second-order valence-corrected chi connectivity index (χ2v) is 5.65. The molecule has 3 nitrogen and oxygen atoms in total. The molecule has 2 rings (SSSR count). The van der Waals surface area contributed by atoms with Gasteiger partial charge in [-0.3, -0.25) is 0 Å². The monoisotopic (exact) mass is 266 g/mol. The van der Waals surface area contributed by atoms with E-state index in [-0.39, 0.29) is 12.2 Å². The van der Waals surface area contributed by atoms with E-state index in [1.807, 2.05) is 0 Å². The van der Waals surface area contributed by atoms with Gasteiger partial charge in [0.2, 0.25) is 0 Å². The van der Waals surface area contributed by atoms with Gasteiger partial charge >= 0.3 is 16.3 Å². The molecule has 0 bridgehead atoms. The Morgan fingerprint density at radius 2 is 1.94 bits per heavy atom. The molecule has 17 heavy (non-hydrogen) atoms. The highest BCUT2D eigenvalue weighted by Crippen LogP contribution is 2.34. The molecule has 0 aliphatic carbocycles. The van der Waals surface area contributed by atoms with Gasteiger partial charge in [0, 0.05) is 0 Å². The predicted octanol–water partition coefficient (Wildman–Crippen LogP) is 2.27. The van der Waals surface area contributed by atoms with Crippen LogP contribution in [0.25, 0.3) is 0 Å². The van der Waals surface area contributed by atoms with E-state index < -0.39 is 28.0 Å². The van der Waals surface area contributed by atoms with Crippen LogP contribution >= 0.6 is 0 Å². The Balaban J connectivity index is 2.32. The number of benzene rings is 1. The van der Waals surface area contributed by atoms with Crippen molar-refractivity contribution in [3.8, 4) is 5.75 Å². The zero-order valence-corrected chi connectivity index (χ0v) is 9.38. The first-order valence-electron chi connectivity index (χ1n) is 4.86. The SMILES string of the molecule is O=S1(=O)Oc2ccccc2CC1CC(F)(F)F. The molecule has 1 aliphatic heterocycles. The summed E-state index contributed by atoms with van der Waals surface area (Å²) in [6.45, 7) is 0. The first-order valence-corrected chi connectivity index (χ1v) is 6.33. The quantitative estimate of drug-likeness (QED) is 0.732. The molecular weight excluding hydrogens is 257 g/mol. The van der Waals surface area contributed by atoms with Crippen molar-refractivity contribution in [2.45, 2.75) is 24.3 Å². The Kier molecular flexibility index (Phi) is 2.81. The number of halogens is 3. The van der Waals surface area contributed by atoms with E-state index in [1.165, 1.54) is 6.07 Å². The van der Waals surface area contributed by atoms with E-state index in [1.54, 1.807) is 18.2 Å². The van der Waals surface area contributed by atoms with E-state index in [9.17, 15) is 21.6 Å². The van der Waals surface area contributed by atoms with Crippen molar-refractivity contribution in [2.24, 2.45) is 0 Å². The third kappa shape index (κ3) is 2.71. The molecular formula is C10H9F3O3S. The summed E-state index contributed by atoms with van der Waals surface area (Å²) in [5.74, 6) is 0.117. The molecule has 1 aromatic rings. The van der Waals surface area contributed by atoms with Crippen LogP contribution in [-0.4, -0.2) is 19.8 Å². The summed E-state index contributed by atoms with van der Waals surface area (Å²) in [6.07, 6.45) is -6.07. The van der Waals surface area contributed by atoms with Gasteiger partial charge in [0.25, 0.3) is 0 Å². The number of hydrogen-bond donors (Lipinski definition) is 0. The molecule has 0 N–H and O–H groups in total. The van der Waals surface area contributed by atoms with E-state index >= 15 is 0 Å². The second kappa shape index (κ2) is 3.90. The fourth-order valence-electron chi connectivity index (χ4n) is 1.73. The van der Waals surface area contributed by atoms with Crippen molar-refractivity contribution >= 4 is 10.1 Å². The van der Waals surface area contributed by atoms with Crippen molar-refractivity contribution in [3.63, 3.8) is 0 Å². The van der Waals surface area contributed by atoms with Crippen LogP contribution in [0.15, 0.2) is 24.3 Å². The number of fused-ring (bicyclic) bond motifs is 1. The average molecular weight is 266 g/mol. The Hall–Kier alpha value is -1.24. The smallest absolute Gasteiger partial charge is 0.382 e. The van der Waals surface area contributed by atoms with Crippen molar-refractivity contribution in [2.75, 3.05) is 0 Å². The summed E-state index contributed by atoms with van der Waals surface area (Å²) in [4.78, 5) is 0. The van der Waals surface area contributed by atoms with E-state index in [0.717, 1.165) is 0 Å². The molecule has 1 aromatic carbocycles. The molecule has 0 saturated heterocycles. The van der Waals surface area contributed by atoms with Crippen LogP contribution in [0.5, 0.6) is 5.75 Å². The van der Waals surface area contributed by atoms with E-state index in [2.05, 4.69) is 4.18 Å². The van der Waals surface area contributed by atoms with Crippen LogP contribution < -0.4 is 4.18 Å². The van der Waals surface area contributed by atoms with Crippen LogP contribution in [0.4, 0.5) is 13.2 Å². The highest BCUT2D eigenvalue weighted by molar-refractivity contribution is 7.87. The molecule has 0 aromatic heterocycles. The Morgan fingerprint density at radius 1 is 1.29 bits per heavy atom. The number of alkyl halides is 3. The molecule has 94 valence electrons. The lowest BCUT2D eigenvalue weighted by molar-refractivity contribution is -0.134. The van der Waals surface area contributed by atoms with Crippen LogP contribution in [0.3, 0.4) is 0 Å². The molecule has 0 saturated carbocycles. The summed E-state index contributed by atoms with van der Waals surface area (Å²) >= 11 is 0. The van der Waals surface area contributed by atoms with E-state index in [4.69, 9.17) is 0 Å². The molecule has 0 fully saturated rings. The molecule has 1 atom stereocenters. The third-order valence-electron chi connectivity index (χ3n) is 2.49. The van der Waals surface area contributed by atoms with Crippen LogP contribution in [0.1, 0.15) is 12.0 Å². The molecule has 1 unspecified atom stereocenters. The summed E-state index contributed by atoms with van der Waals surface area (Å²) in [5.41, 5.74) is 0.483. The Morgan fingerprint density at radius 3 is 2.59 bits per heavy atom. The second-order valence-electron chi connectivity index (χ2n) is 3.83. The molecule has 1 heterocycles. The first kappa shape index (κ1) is 12.2. The van der Waals surface area contributed by atoms with Crippen molar-refractivity contribution < 1.29 is 25.8 Å².